The topological polar surface area (TPSA) is 107 Å². The van der Waals surface area contributed by atoms with Gasteiger partial charge in [-0.2, -0.15) is 5.10 Å². The van der Waals surface area contributed by atoms with Crippen LogP contribution in [-0.4, -0.2) is 34.2 Å². The number of ether oxygens (including phenoxy) is 2. The summed E-state index contributed by atoms with van der Waals surface area (Å²) in [6.07, 6.45) is 6.62. The Morgan fingerprint density at radius 3 is 2.62 bits per heavy atom. The van der Waals surface area contributed by atoms with Gasteiger partial charge in [0.2, 0.25) is 0 Å². The Kier molecular flexibility index (Phi) is 5.89. The molecule has 9 nitrogen and oxygen atoms in total. The molecule has 1 atom stereocenters. The molecule has 1 aromatic carbocycles. The number of esters is 1. The molecule has 0 radical (unpaired) electrons. The second-order valence-corrected chi connectivity index (χ2v) is 7.36. The number of nitrogens with zero attached hydrogens (tertiary/aromatic N) is 3. The van der Waals surface area contributed by atoms with Gasteiger partial charge in [0.25, 0.3) is 5.91 Å². The zero-order chi connectivity index (χ0) is 23.3. The second-order valence-electron chi connectivity index (χ2n) is 7.36. The smallest absolute Gasteiger partial charge is 0.342 e. The molecule has 1 aliphatic heterocycles. The number of aromatic nitrogens is 1. The van der Waals surface area contributed by atoms with Crippen LogP contribution >= 0.6 is 0 Å². The van der Waals surface area contributed by atoms with Crippen molar-refractivity contribution in [3.8, 4) is 11.5 Å². The number of rotatable bonds is 7. The summed E-state index contributed by atoms with van der Waals surface area (Å²) >= 11 is 0. The zero-order valence-electron chi connectivity index (χ0n) is 17.9. The van der Waals surface area contributed by atoms with Crippen molar-refractivity contribution in [3.63, 3.8) is 0 Å². The summed E-state index contributed by atoms with van der Waals surface area (Å²) < 4.78 is 22.0. The largest absolute Gasteiger partial charge is 0.467 e. The number of carbonyl (C=O) groups excluding carboxylic acids is 2. The average molecular weight is 457 g/mol. The van der Waals surface area contributed by atoms with Crippen molar-refractivity contribution in [3.05, 3.63) is 103 Å². The van der Waals surface area contributed by atoms with Crippen LogP contribution in [0.1, 0.15) is 34.3 Å². The quantitative estimate of drug-likeness (QED) is 0.373. The Balaban J connectivity index is 1.30. The first-order valence-electron chi connectivity index (χ1n) is 10.5. The van der Waals surface area contributed by atoms with Crippen molar-refractivity contribution in [1.29, 1.82) is 0 Å². The first-order chi connectivity index (χ1) is 16.7. The fraction of sp³-hybridized carbons (Fsp3) is 0.120. The summed E-state index contributed by atoms with van der Waals surface area (Å²) in [7, 11) is 0. The minimum atomic E-state index is -0.697. The monoisotopic (exact) mass is 457 g/mol. The van der Waals surface area contributed by atoms with Crippen molar-refractivity contribution in [1.82, 2.24) is 9.99 Å². The van der Waals surface area contributed by atoms with E-state index in [4.69, 9.17) is 18.3 Å². The lowest BCUT2D eigenvalue weighted by Gasteiger charge is -2.19. The predicted molar refractivity (Wildman–Crippen MR) is 119 cm³/mol. The van der Waals surface area contributed by atoms with Gasteiger partial charge in [-0.15, -0.1) is 0 Å². The van der Waals surface area contributed by atoms with Crippen LogP contribution in [-0.2, 0) is 9.53 Å². The van der Waals surface area contributed by atoms with Gasteiger partial charge in [-0.05, 0) is 48.5 Å². The van der Waals surface area contributed by atoms with Gasteiger partial charge in [-0.1, -0.05) is 12.1 Å². The lowest BCUT2D eigenvalue weighted by Crippen LogP contribution is -2.31. The van der Waals surface area contributed by atoms with E-state index in [0.29, 0.717) is 35.2 Å². The maximum Gasteiger partial charge on any atom is 0.342 e. The normalized spacial score (nSPS) is 15.1. The molecule has 0 saturated heterocycles. The van der Waals surface area contributed by atoms with E-state index in [0.717, 1.165) is 0 Å². The van der Waals surface area contributed by atoms with E-state index >= 15 is 0 Å². The van der Waals surface area contributed by atoms with E-state index in [1.165, 1.54) is 23.7 Å². The van der Waals surface area contributed by atoms with E-state index in [9.17, 15) is 9.59 Å². The third-order valence-corrected chi connectivity index (χ3v) is 5.14. The standard InChI is InChI=1S/C25H19N3O6/c29-24(28-20(23-10-5-13-32-23)14-19(27-28)22-9-4-12-31-22)16-33-25(30)18-7-1-2-8-21(18)34-17-6-3-11-26-15-17/h1-13,15,20H,14,16H2. The third-order valence-electron chi connectivity index (χ3n) is 5.14. The van der Waals surface area contributed by atoms with Gasteiger partial charge in [-0.25, -0.2) is 9.80 Å². The number of carbonyl (C=O) groups is 2. The lowest BCUT2D eigenvalue weighted by atomic mass is 10.1. The number of amides is 1. The summed E-state index contributed by atoms with van der Waals surface area (Å²) in [4.78, 5) is 29.8. The fourth-order valence-corrected chi connectivity index (χ4v) is 3.56. The Hall–Kier alpha value is -4.66. The average Bonchev–Trinajstić information content (AvgIpc) is 3.64. The van der Waals surface area contributed by atoms with Gasteiger partial charge in [-0.3, -0.25) is 9.78 Å². The molecule has 170 valence electrons. The van der Waals surface area contributed by atoms with Crippen LogP contribution in [0.4, 0.5) is 0 Å². The summed E-state index contributed by atoms with van der Waals surface area (Å²) in [5, 5.41) is 5.68. The van der Waals surface area contributed by atoms with Crippen LogP contribution in [0.15, 0.2) is 99.5 Å². The molecule has 9 heteroatoms. The van der Waals surface area contributed by atoms with E-state index in [1.54, 1.807) is 66.9 Å². The number of furan rings is 2. The Morgan fingerprint density at radius 1 is 1.00 bits per heavy atom. The first-order valence-corrected chi connectivity index (χ1v) is 10.5. The molecule has 1 aliphatic rings. The molecule has 34 heavy (non-hydrogen) atoms. The Labute approximate surface area is 194 Å². The second kappa shape index (κ2) is 9.45. The minimum Gasteiger partial charge on any atom is -0.467 e. The number of benzene rings is 1. The molecule has 0 spiro atoms. The predicted octanol–water partition coefficient (Wildman–Crippen LogP) is 4.59. The molecule has 0 aliphatic carbocycles. The van der Waals surface area contributed by atoms with Gasteiger partial charge in [0.15, 0.2) is 6.61 Å². The van der Waals surface area contributed by atoms with E-state index in [1.807, 2.05) is 0 Å². The van der Waals surface area contributed by atoms with Gasteiger partial charge in [0, 0.05) is 12.6 Å². The van der Waals surface area contributed by atoms with Crippen LogP contribution < -0.4 is 4.74 Å². The molecular formula is C25H19N3O6. The van der Waals surface area contributed by atoms with E-state index < -0.39 is 24.5 Å². The summed E-state index contributed by atoms with van der Waals surface area (Å²) in [6, 6.07) is 16.6. The molecule has 0 fully saturated rings. The SMILES string of the molecule is O=C(OCC(=O)N1N=C(c2ccco2)CC1c1ccco1)c1ccccc1Oc1cccnc1. The molecule has 0 N–H and O–H groups in total. The number of pyridine rings is 1. The van der Waals surface area contributed by atoms with Crippen molar-refractivity contribution >= 4 is 17.6 Å². The Bertz CT molecular complexity index is 1300. The zero-order valence-corrected chi connectivity index (χ0v) is 17.9. The lowest BCUT2D eigenvalue weighted by molar-refractivity contribution is -0.136. The Morgan fingerprint density at radius 2 is 1.85 bits per heavy atom. The fourth-order valence-electron chi connectivity index (χ4n) is 3.56. The van der Waals surface area contributed by atoms with E-state index in [2.05, 4.69) is 10.1 Å². The van der Waals surface area contributed by atoms with E-state index in [-0.39, 0.29) is 5.56 Å². The van der Waals surface area contributed by atoms with Crippen molar-refractivity contribution in [2.75, 3.05) is 6.61 Å². The highest BCUT2D eigenvalue weighted by molar-refractivity contribution is 6.01. The number of hydrazone groups is 1. The van der Waals surface area contributed by atoms with Crippen molar-refractivity contribution in [2.45, 2.75) is 12.5 Å². The summed E-state index contributed by atoms with van der Waals surface area (Å²) in [6.45, 7) is -0.508. The first kappa shape index (κ1) is 21.2. The molecule has 1 amide bonds. The van der Waals surface area contributed by atoms with Crippen LogP contribution in [0.25, 0.3) is 0 Å². The molecule has 3 aromatic heterocycles. The molecule has 4 aromatic rings. The highest BCUT2D eigenvalue weighted by Crippen LogP contribution is 2.33. The summed E-state index contributed by atoms with van der Waals surface area (Å²) in [5.74, 6) is 0.696. The molecule has 1 unspecified atom stereocenters. The molecule has 0 saturated carbocycles. The van der Waals surface area contributed by atoms with Crippen molar-refractivity contribution in [2.24, 2.45) is 5.10 Å². The van der Waals surface area contributed by atoms with Crippen molar-refractivity contribution < 1.29 is 27.9 Å². The van der Waals surface area contributed by atoms with Gasteiger partial charge >= 0.3 is 5.97 Å². The number of para-hydroxylation sites is 1. The van der Waals surface area contributed by atoms with Crippen LogP contribution in [0.5, 0.6) is 11.5 Å². The van der Waals surface area contributed by atoms with Gasteiger partial charge in [0.05, 0.1) is 18.7 Å². The maximum absolute atomic E-state index is 13.0. The van der Waals surface area contributed by atoms with Gasteiger partial charge < -0.3 is 18.3 Å². The molecule has 4 heterocycles. The molecular weight excluding hydrogens is 438 g/mol. The summed E-state index contributed by atoms with van der Waals surface area (Å²) in [5.41, 5.74) is 0.782. The minimum absolute atomic E-state index is 0.183. The van der Waals surface area contributed by atoms with Crippen LogP contribution in [0, 0.1) is 0 Å². The molecule has 0 bridgehead atoms. The highest BCUT2D eigenvalue weighted by atomic mass is 16.5. The highest BCUT2D eigenvalue weighted by Gasteiger charge is 2.36. The van der Waals surface area contributed by atoms with Gasteiger partial charge in [0.1, 0.15) is 40.3 Å². The molecule has 5 rings (SSSR count). The number of hydrogen-bond donors (Lipinski definition) is 0. The van der Waals surface area contributed by atoms with Crippen LogP contribution in [0.3, 0.4) is 0 Å². The third kappa shape index (κ3) is 4.44. The van der Waals surface area contributed by atoms with Crippen LogP contribution in [0.2, 0.25) is 0 Å². The maximum atomic E-state index is 13.0. The number of hydrogen-bond acceptors (Lipinski definition) is 8.